The van der Waals surface area contributed by atoms with Crippen LogP contribution in [0.5, 0.6) is 0 Å². The zero-order valence-corrected chi connectivity index (χ0v) is 12.8. The van der Waals surface area contributed by atoms with Crippen molar-refractivity contribution >= 4 is 12.1 Å². The third-order valence-electron chi connectivity index (χ3n) is 3.44. The quantitative estimate of drug-likeness (QED) is 0.694. The van der Waals surface area contributed by atoms with E-state index in [0.717, 1.165) is 16.7 Å². The van der Waals surface area contributed by atoms with Crippen molar-refractivity contribution in [3.63, 3.8) is 0 Å². The molecule has 1 aromatic heterocycles. The second-order valence-electron chi connectivity index (χ2n) is 6.15. The van der Waals surface area contributed by atoms with Crippen LogP contribution in [0.2, 0.25) is 0 Å². The number of carbonyl (C=O) groups is 2. The molecule has 0 spiro atoms. The molecule has 0 bridgehead atoms. The standard InChI is InChI=1S/C10H15N3O2.C6H3F/c1-10(2,3)9(15)4-8(5-14)13-7-11-6-12-13;7-6-3-4-1-2-5(4)6/h5-8H,4H2,1-3H3;1-3H. The van der Waals surface area contributed by atoms with E-state index in [1.54, 1.807) is 6.07 Å². The highest BCUT2D eigenvalue weighted by molar-refractivity contribution is 5.86. The maximum Gasteiger partial charge on any atom is 0.145 e. The molecule has 0 N–H and O–H groups in total. The summed E-state index contributed by atoms with van der Waals surface area (Å²) in [5.74, 6) is -0.0207. The van der Waals surface area contributed by atoms with Gasteiger partial charge in [-0.15, -0.1) is 0 Å². The van der Waals surface area contributed by atoms with Crippen molar-refractivity contribution in [3.05, 3.63) is 47.1 Å². The molecule has 1 unspecified atom stereocenters. The molecule has 116 valence electrons. The number of nitrogens with zero attached hydrogens (tertiary/aromatic N) is 3. The summed E-state index contributed by atoms with van der Waals surface area (Å²) in [6.07, 6.45) is 3.67. The van der Waals surface area contributed by atoms with Crippen LogP contribution in [0.1, 0.15) is 33.2 Å². The number of benzene rings is 1. The summed E-state index contributed by atoms with van der Waals surface area (Å²) in [5.41, 5.74) is -0.429. The molecule has 0 aliphatic heterocycles. The van der Waals surface area contributed by atoms with Crippen molar-refractivity contribution in [2.24, 2.45) is 5.41 Å². The Morgan fingerprint density at radius 2 is 2.14 bits per heavy atom. The SMILES string of the molecule is CC(C)(C)C(=O)CC(C=O)n1cncn1.Fc1cc2ccc1=2. The van der Waals surface area contributed by atoms with Gasteiger partial charge in [0.1, 0.15) is 36.6 Å². The summed E-state index contributed by atoms with van der Waals surface area (Å²) < 4.78 is 13.4. The van der Waals surface area contributed by atoms with E-state index in [0.29, 0.717) is 0 Å². The topological polar surface area (TPSA) is 64.8 Å². The first-order valence-electron chi connectivity index (χ1n) is 6.95. The lowest BCUT2D eigenvalue weighted by Crippen LogP contribution is -2.25. The van der Waals surface area contributed by atoms with E-state index >= 15 is 0 Å². The number of Topliss-reactive ketones (excluding diaryl/α,β-unsaturated/α-hetero) is 1. The van der Waals surface area contributed by atoms with Crippen LogP contribution in [-0.4, -0.2) is 26.8 Å². The highest BCUT2D eigenvalue weighted by atomic mass is 19.1. The highest BCUT2D eigenvalue weighted by Crippen LogP contribution is 2.20. The molecule has 0 fully saturated rings. The van der Waals surface area contributed by atoms with Crippen LogP contribution < -0.4 is 0 Å². The average Bonchev–Trinajstić information content (AvgIpc) is 2.95. The third-order valence-corrected chi connectivity index (χ3v) is 3.44. The van der Waals surface area contributed by atoms with Crippen molar-refractivity contribution in [2.45, 2.75) is 33.2 Å². The van der Waals surface area contributed by atoms with Gasteiger partial charge >= 0.3 is 0 Å². The van der Waals surface area contributed by atoms with Crippen LogP contribution in [0.25, 0.3) is 0 Å². The largest absolute Gasteiger partial charge is 0.301 e. The number of carbonyl (C=O) groups excluding carboxylic acids is 2. The minimum absolute atomic E-state index is 0.0371. The van der Waals surface area contributed by atoms with Gasteiger partial charge in [0.2, 0.25) is 0 Å². The van der Waals surface area contributed by atoms with Gasteiger partial charge in [-0.25, -0.2) is 14.1 Å². The second kappa shape index (κ2) is 6.17. The number of hydrogen-bond acceptors (Lipinski definition) is 4. The summed E-state index contributed by atoms with van der Waals surface area (Å²) in [6, 6.07) is 4.68. The molecule has 6 heteroatoms. The van der Waals surface area contributed by atoms with E-state index < -0.39 is 11.5 Å². The molecule has 2 aliphatic carbocycles. The van der Waals surface area contributed by atoms with E-state index in [-0.39, 0.29) is 18.0 Å². The van der Waals surface area contributed by atoms with Gasteiger partial charge in [0.15, 0.2) is 0 Å². The first kappa shape index (κ1) is 16.0. The monoisotopic (exact) mass is 303 g/mol. The van der Waals surface area contributed by atoms with Crippen molar-refractivity contribution in [1.82, 2.24) is 14.8 Å². The van der Waals surface area contributed by atoms with Crippen molar-refractivity contribution in [2.75, 3.05) is 0 Å². The predicted octanol–water partition coefficient (Wildman–Crippen LogP) is 2.45. The first-order chi connectivity index (χ1) is 10.3. The minimum atomic E-state index is -0.542. The van der Waals surface area contributed by atoms with Gasteiger partial charge in [-0.2, -0.15) is 5.10 Å². The maximum atomic E-state index is 12.0. The smallest absolute Gasteiger partial charge is 0.145 e. The Labute approximate surface area is 127 Å². The summed E-state index contributed by atoms with van der Waals surface area (Å²) in [6.45, 7) is 5.50. The number of rotatable bonds is 4. The highest BCUT2D eigenvalue weighted by Gasteiger charge is 2.25. The van der Waals surface area contributed by atoms with Gasteiger partial charge in [-0.05, 0) is 11.3 Å². The van der Waals surface area contributed by atoms with E-state index in [1.807, 2.05) is 26.8 Å². The van der Waals surface area contributed by atoms with Crippen molar-refractivity contribution in [1.29, 1.82) is 0 Å². The van der Waals surface area contributed by atoms with Gasteiger partial charge in [0, 0.05) is 17.1 Å². The molecule has 22 heavy (non-hydrogen) atoms. The van der Waals surface area contributed by atoms with Crippen molar-refractivity contribution < 1.29 is 14.0 Å². The van der Waals surface area contributed by atoms with Gasteiger partial charge in [0.05, 0.1) is 0 Å². The normalized spacial score (nSPS) is 12.9. The van der Waals surface area contributed by atoms with Crippen LogP contribution in [0.4, 0.5) is 4.39 Å². The first-order valence-corrected chi connectivity index (χ1v) is 6.95. The molecule has 0 saturated carbocycles. The number of halogens is 1. The fraction of sp³-hybridized carbons (Fsp3) is 0.375. The molecule has 1 heterocycles. The molecule has 3 rings (SSSR count). The Balaban J connectivity index is 0.000000205. The van der Waals surface area contributed by atoms with Crippen LogP contribution in [-0.2, 0) is 9.59 Å². The van der Waals surface area contributed by atoms with E-state index in [9.17, 15) is 14.0 Å². The Morgan fingerprint density at radius 1 is 1.41 bits per heavy atom. The molecule has 0 amide bonds. The second-order valence-corrected chi connectivity index (χ2v) is 6.15. The molecule has 5 nitrogen and oxygen atoms in total. The molecule has 2 aliphatic rings. The minimum Gasteiger partial charge on any atom is -0.301 e. The Hall–Kier alpha value is -2.37. The summed E-state index contributed by atoms with van der Waals surface area (Å²) >= 11 is 0. The van der Waals surface area contributed by atoms with E-state index in [2.05, 4.69) is 10.1 Å². The zero-order chi connectivity index (χ0) is 16.3. The lowest BCUT2D eigenvalue weighted by atomic mass is 9.87. The average molecular weight is 303 g/mol. The van der Waals surface area contributed by atoms with E-state index in [1.165, 1.54) is 23.4 Å². The molecular formula is C16H18FN3O2. The fourth-order valence-electron chi connectivity index (χ4n) is 1.83. The molecule has 0 radical (unpaired) electrons. The van der Waals surface area contributed by atoms with Crippen molar-refractivity contribution in [3.8, 4) is 0 Å². The van der Waals surface area contributed by atoms with Gasteiger partial charge in [0.25, 0.3) is 0 Å². The van der Waals surface area contributed by atoms with Crippen LogP contribution in [0.3, 0.4) is 0 Å². The molecular weight excluding hydrogens is 285 g/mol. The summed E-state index contributed by atoms with van der Waals surface area (Å²) in [5, 5.41) is 5.72. The number of ketones is 1. The van der Waals surface area contributed by atoms with E-state index in [4.69, 9.17) is 0 Å². The molecule has 1 aromatic rings. The van der Waals surface area contributed by atoms with Gasteiger partial charge < -0.3 is 4.79 Å². The van der Waals surface area contributed by atoms with Crippen LogP contribution in [0.15, 0.2) is 30.9 Å². The number of hydrogen-bond donors (Lipinski definition) is 0. The lowest BCUT2D eigenvalue weighted by Gasteiger charge is -2.18. The molecule has 1 atom stereocenters. The fourth-order valence-corrected chi connectivity index (χ4v) is 1.83. The lowest BCUT2D eigenvalue weighted by molar-refractivity contribution is -0.128. The maximum absolute atomic E-state index is 12.0. The Kier molecular flexibility index (Phi) is 4.49. The number of aldehydes is 1. The third kappa shape index (κ3) is 3.44. The van der Waals surface area contributed by atoms with Crippen LogP contribution >= 0.6 is 0 Å². The Bertz CT molecular complexity index is 764. The summed E-state index contributed by atoms with van der Waals surface area (Å²) in [7, 11) is 0. The predicted molar refractivity (Wildman–Crippen MR) is 78.3 cm³/mol. The molecule has 0 saturated heterocycles. The van der Waals surface area contributed by atoms with Gasteiger partial charge in [-0.3, -0.25) is 4.79 Å². The summed E-state index contributed by atoms with van der Waals surface area (Å²) in [4.78, 5) is 26.3. The van der Waals surface area contributed by atoms with Gasteiger partial charge in [-0.1, -0.05) is 32.9 Å². The molecule has 0 aromatic carbocycles. The Morgan fingerprint density at radius 3 is 2.41 bits per heavy atom. The zero-order valence-electron chi connectivity index (χ0n) is 12.8. The van der Waals surface area contributed by atoms with Crippen LogP contribution in [0, 0.1) is 21.7 Å². The number of aromatic nitrogens is 3.